The molecule has 0 aliphatic heterocycles. The van der Waals surface area contributed by atoms with Gasteiger partial charge in [-0.1, -0.05) is 40.0 Å². The number of hydrogen-bond donors (Lipinski definition) is 1. The molecular weight excluding hydrogens is 246 g/mol. The zero-order chi connectivity index (χ0) is 15.0. The van der Waals surface area contributed by atoms with Gasteiger partial charge in [-0.2, -0.15) is 5.10 Å². The third-order valence-corrected chi connectivity index (χ3v) is 4.31. The summed E-state index contributed by atoms with van der Waals surface area (Å²) in [6.07, 6.45) is 6.31. The molecule has 116 valence electrons. The van der Waals surface area contributed by atoms with Gasteiger partial charge in [-0.25, -0.2) is 0 Å². The largest absolute Gasteiger partial charge is 0.317 e. The fraction of sp³-hybridized carbons (Fsp3) is 0.824. The van der Waals surface area contributed by atoms with Crippen LogP contribution in [0.25, 0.3) is 0 Å². The molecule has 1 atom stereocenters. The van der Waals surface area contributed by atoms with Crippen LogP contribution in [-0.2, 0) is 13.0 Å². The summed E-state index contributed by atoms with van der Waals surface area (Å²) in [6.45, 7) is 14.3. The van der Waals surface area contributed by atoms with E-state index in [-0.39, 0.29) is 0 Å². The van der Waals surface area contributed by atoms with Gasteiger partial charge in [-0.05, 0) is 51.3 Å². The van der Waals surface area contributed by atoms with Crippen LogP contribution in [-0.4, -0.2) is 22.9 Å². The molecule has 1 unspecified atom stereocenters. The average Bonchev–Trinajstić information content (AvgIpc) is 2.70. The summed E-state index contributed by atoms with van der Waals surface area (Å²) >= 11 is 0. The third-order valence-electron chi connectivity index (χ3n) is 4.31. The van der Waals surface area contributed by atoms with Crippen LogP contribution in [0.15, 0.2) is 0 Å². The lowest BCUT2D eigenvalue weighted by Gasteiger charge is -2.15. The van der Waals surface area contributed by atoms with Gasteiger partial charge in [0.05, 0.1) is 5.69 Å². The van der Waals surface area contributed by atoms with Crippen LogP contribution in [0.3, 0.4) is 0 Å². The van der Waals surface area contributed by atoms with Gasteiger partial charge < -0.3 is 5.32 Å². The monoisotopic (exact) mass is 279 g/mol. The molecule has 3 heteroatoms. The van der Waals surface area contributed by atoms with Crippen LogP contribution in [0.5, 0.6) is 0 Å². The summed E-state index contributed by atoms with van der Waals surface area (Å²) in [5.74, 6) is 0.773. The summed E-state index contributed by atoms with van der Waals surface area (Å²) in [4.78, 5) is 0. The molecule has 0 saturated heterocycles. The Morgan fingerprint density at radius 2 is 1.95 bits per heavy atom. The molecule has 3 nitrogen and oxygen atoms in total. The van der Waals surface area contributed by atoms with Crippen molar-refractivity contribution >= 4 is 0 Å². The number of aryl methyl sites for hydroxylation is 1. The number of likely N-dealkylation sites (N-methyl/N-ethyl adjacent to an activating group) is 1. The van der Waals surface area contributed by atoms with Crippen molar-refractivity contribution in [3.63, 3.8) is 0 Å². The molecule has 0 fully saturated rings. The van der Waals surface area contributed by atoms with Gasteiger partial charge in [-0.15, -0.1) is 0 Å². The second-order valence-electron chi connectivity index (χ2n) is 5.85. The van der Waals surface area contributed by atoms with Crippen molar-refractivity contribution in [2.24, 2.45) is 5.92 Å². The number of aromatic nitrogens is 2. The smallest absolute Gasteiger partial charge is 0.0628 e. The van der Waals surface area contributed by atoms with Crippen LogP contribution in [0, 0.1) is 19.8 Å². The van der Waals surface area contributed by atoms with E-state index in [0.717, 1.165) is 32.0 Å². The van der Waals surface area contributed by atoms with Crippen LogP contribution < -0.4 is 5.32 Å². The molecule has 0 aromatic carbocycles. The maximum absolute atomic E-state index is 4.77. The molecule has 0 bridgehead atoms. The van der Waals surface area contributed by atoms with Gasteiger partial charge in [0.2, 0.25) is 0 Å². The molecule has 0 radical (unpaired) electrons. The summed E-state index contributed by atoms with van der Waals surface area (Å²) < 4.78 is 2.25. The lowest BCUT2D eigenvalue weighted by atomic mass is 9.99. The Morgan fingerprint density at radius 3 is 2.55 bits per heavy atom. The fourth-order valence-electron chi connectivity index (χ4n) is 2.83. The number of unbranched alkanes of at least 4 members (excludes halogenated alkanes) is 1. The molecule has 0 aliphatic rings. The summed E-state index contributed by atoms with van der Waals surface area (Å²) in [5.41, 5.74) is 4.03. The van der Waals surface area contributed by atoms with Gasteiger partial charge in [0.15, 0.2) is 0 Å². The van der Waals surface area contributed by atoms with E-state index in [1.54, 1.807) is 0 Å². The van der Waals surface area contributed by atoms with Gasteiger partial charge in [0.25, 0.3) is 0 Å². The zero-order valence-corrected chi connectivity index (χ0v) is 14.1. The van der Waals surface area contributed by atoms with Crippen LogP contribution >= 0.6 is 0 Å². The minimum absolute atomic E-state index is 0.773. The summed E-state index contributed by atoms with van der Waals surface area (Å²) in [5, 5.41) is 8.18. The van der Waals surface area contributed by atoms with Crippen LogP contribution in [0.1, 0.15) is 63.4 Å². The Kier molecular flexibility index (Phi) is 7.90. The third kappa shape index (κ3) is 4.93. The number of nitrogens with zero attached hydrogens (tertiary/aromatic N) is 2. The normalized spacial score (nSPS) is 12.8. The van der Waals surface area contributed by atoms with Crippen LogP contribution in [0.4, 0.5) is 0 Å². The highest BCUT2D eigenvalue weighted by Gasteiger charge is 2.14. The number of hydrogen-bond acceptors (Lipinski definition) is 2. The molecule has 1 N–H and O–H groups in total. The second-order valence-corrected chi connectivity index (χ2v) is 5.85. The highest BCUT2D eigenvalue weighted by molar-refractivity contribution is 5.24. The first kappa shape index (κ1) is 17.2. The minimum Gasteiger partial charge on any atom is -0.317 e. The SMILES string of the molecule is CCCCC(CC)Cn1nc(C)c(CCNCC)c1C. The van der Waals surface area contributed by atoms with Gasteiger partial charge >= 0.3 is 0 Å². The molecular formula is C17H33N3. The highest BCUT2D eigenvalue weighted by Crippen LogP contribution is 2.19. The molecule has 0 aliphatic carbocycles. The highest BCUT2D eigenvalue weighted by atomic mass is 15.3. The Labute approximate surface area is 125 Å². The van der Waals surface area contributed by atoms with E-state index in [1.807, 2.05) is 0 Å². The maximum atomic E-state index is 4.77. The lowest BCUT2D eigenvalue weighted by molar-refractivity contribution is 0.367. The first-order valence-corrected chi connectivity index (χ1v) is 8.37. The second kappa shape index (κ2) is 9.17. The van der Waals surface area contributed by atoms with E-state index < -0.39 is 0 Å². The standard InChI is InChI=1S/C17H33N3/c1-6-9-10-16(7-2)13-20-15(5)17(14(4)19-20)11-12-18-8-3/h16,18H,6-13H2,1-5H3. The average molecular weight is 279 g/mol. The minimum atomic E-state index is 0.773. The molecule has 0 saturated carbocycles. The van der Waals surface area contributed by atoms with Crippen molar-refractivity contribution in [3.05, 3.63) is 17.0 Å². The first-order valence-electron chi connectivity index (χ1n) is 8.37. The van der Waals surface area contributed by atoms with Crippen molar-refractivity contribution in [1.29, 1.82) is 0 Å². The maximum Gasteiger partial charge on any atom is 0.0628 e. The molecule has 1 aromatic rings. The zero-order valence-electron chi connectivity index (χ0n) is 14.1. The predicted molar refractivity (Wildman–Crippen MR) is 87.3 cm³/mol. The van der Waals surface area contributed by atoms with Gasteiger partial charge in [0.1, 0.15) is 0 Å². The Bertz CT molecular complexity index is 382. The lowest BCUT2D eigenvalue weighted by Crippen LogP contribution is -2.17. The topological polar surface area (TPSA) is 29.9 Å². The quantitative estimate of drug-likeness (QED) is 0.659. The van der Waals surface area contributed by atoms with Gasteiger partial charge in [-0.3, -0.25) is 4.68 Å². The Hall–Kier alpha value is -0.830. The number of nitrogens with one attached hydrogen (secondary N) is 1. The molecule has 1 rings (SSSR count). The molecule has 0 spiro atoms. The molecule has 1 aromatic heterocycles. The predicted octanol–water partition coefficient (Wildman–Crippen LogP) is 3.87. The summed E-state index contributed by atoms with van der Waals surface area (Å²) in [6, 6.07) is 0. The van der Waals surface area contributed by atoms with Crippen molar-refractivity contribution in [2.75, 3.05) is 13.1 Å². The fourth-order valence-corrected chi connectivity index (χ4v) is 2.83. The molecule has 0 amide bonds. The Morgan fingerprint density at radius 1 is 1.20 bits per heavy atom. The van der Waals surface area contributed by atoms with Crippen molar-refractivity contribution in [3.8, 4) is 0 Å². The van der Waals surface area contributed by atoms with Crippen molar-refractivity contribution in [2.45, 2.75) is 73.3 Å². The molecule has 20 heavy (non-hydrogen) atoms. The van der Waals surface area contributed by atoms with E-state index in [4.69, 9.17) is 5.10 Å². The van der Waals surface area contributed by atoms with E-state index >= 15 is 0 Å². The summed E-state index contributed by atoms with van der Waals surface area (Å²) in [7, 11) is 0. The number of rotatable bonds is 10. The first-order chi connectivity index (χ1) is 9.63. The van der Waals surface area contributed by atoms with E-state index in [0.29, 0.717) is 0 Å². The van der Waals surface area contributed by atoms with Crippen molar-refractivity contribution < 1.29 is 0 Å². The van der Waals surface area contributed by atoms with Crippen molar-refractivity contribution in [1.82, 2.24) is 15.1 Å². The van der Waals surface area contributed by atoms with E-state index in [1.165, 1.54) is 42.6 Å². The van der Waals surface area contributed by atoms with E-state index in [9.17, 15) is 0 Å². The molecule has 1 heterocycles. The van der Waals surface area contributed by atoms with Crippen LogP contribution in [0.2, 0.25) is 0 Å². The van der Waals surface area contributed by atoms with E-state index in [2.05, 4.69) is 44.6 Å². The van der Waals surface area contributed by atoms with Gasteiger partial charge in [0, 0.05) is 12.2 Å². The Balaban J connectivity index is 2.68.